The van der Waals surface area contributed by atoms with Gasteiger partial charge in [0.25, 0.3) is 5.91 Å². The molecule has 1 aromatic rings. The van der Waals surface area contributed by atoms with Gasteiger partial charge in [0.15, 0.2) is 6.61 Å². The third kappa shape index (κ3) is 5.25. The molecule has 0 aromatic heterocycles. The van der Waals surface area contributed by atoms with Gasteiger partial charge in [-0.05, 0) is 30.7 Å². The highest BCUT2D eigenvalue weighted by atomic mass is 19.1. The van der Waals surface area contributed by atoms with Gasteiger partial charge in [-0.25, -0.2) is 9.18 Å². The first-order chi connectivity index (χ1) is 8.61. The van der Waals surface area contributed by atoms with Crippen LogP contribution in [0.3, 0.4) is 0 Å². The molecular formula is C13H14FNO3. The quantitative estimate of drug-likeness (QED) is 0.645. The van der Waals surface area contributed by atoms with Gasteiger partial charge < -0.3 is 10.1 Å². The number of anilines is 1. The standard InChI is InChI=1S/C13H14FNO3/c1-2-3-4-13(17)18-9-12(16)15-11-7-5-10(14)6-8-11/h3-8H,2,9H2,1H3,(H,15,16)/b4-3+. The van der Waals surface area contributed by atoms with Crippen molar-refractivity contribution in [2.75, 3.05) is 11.9 Å². The number of hydrogen-bond acceptors (Lipinski definition) is 3. The lowest BCUT2D eigenvalue weighted by Crippen LogP contribution is -2.20. The Bertz CT molecular complexity index is 440. The normalized spacial score (nSPS) is 10.3. The number of hydrogen-bond donors (Lipinski definition) is 1. The number of carbonyl (C=O) groups is 2. The fraction of sp³-hybridized carbons (Fsp3) is 0.231. The Morgan fingerprint density at radius 3 is 2.61 bits per heavy atom. The maximum Gasteiger partial charge on any atom is 0.330 e. The SMILES string of the molecule is CC/C=C/C(=O)OCC(=O)Nc1ccc(F)cc1. The smallest absolute Gasteiger partial charge is 0.330 e. The predicted octanol–water partition coefficient (Wildman–Crippen LogP) is 2.27. The van der Waals surface area contributed by atoms with E-state index in [1.165, 1.54) is 30.3 Å². The highest BCUT2D eigenvalue weighted by Gasteiger charge is 2.05. The van der Waals surface area contributed by atoms with Crippen molar-refractivity contribution in [3.63, 3.8) is 0 Å². The van der Waals surface area contributed by atoms with Crippen LogP contribution in [0.5, 0.6) is 0 Å². The fourth-order valence-corrected chi connectivity index (χ4v) is 1.13. The van der Waals surface area contributed by atoms with Crippen molar-refractivity contribution in [3.05, 3.63) is 42.2 Å². The van der Waals surface area contributed by atoms with Crippen LogP contribution in [0, 0.1) is 5.82 Å². The topological polar surface area (TPSA) is 55.4 Å². The molecule has 5 heteroatoms. The van der Waals surface area contributed by atoms with Crippen LogP contribution in [0.4, 0.5) is 10.1 Å². The van der Waals surface area contributed by atoms with E-state index < -0.39 is 11.9 Å². The molecule has 0 aliphatic carbocycles. The zero-order chi connectivity index (χ0) is 13.4. The second kappa shape index (κ2) is 7.21. The van der Waals surface area contributed by atoms with Gasteiger partial charge in [0.2, 0.25) is 0 Å². The van der Waals surface area contributed by atoms with Gasteiger partial charge in [0.05, 0.1) is 0 Å². The first-order valence-electron chi connectivity index (χ1n) is 5.50. The molecule has 0 unspecified atom stereocenters. The maximum atomic E-state index is 12.6. The lowest BCUT2D eigenvalue weighted by Gasteiger charge is -2.05. The molecule has 0 spiro atoms. The minimum Gasteiger partial charge on any atom is -0.452 e. The summed E-state index contributed by atoms with van der Waals surface area (Å²) in [6.07, 6.45) is 3.63. The van der Waals surface area contributed by atoms with Gasteiger partial charge in [-0.15, -0.1) is 0 Å². The van der Waals surface area contributed by atoms with Crippen molar-refractivity contribution in [1.82, 2.24) is 0 Å². The molecule has 1 amide bonds. The van der Waals surface area contributed by atoms with E-state index in [9.17, 15) is 14.0 Å². The Morgan fingerprint density at radius 2 is 2.00 bits per heavy atom. The van der Waals surface area contributed by atoms with Crippen LogP contribution < -0.4 is 5.32 Å². The largest absolute Gasteiger partial charge is 0.452 e. The average molecular weight is 251 g/mol. The van der Waals surface area contributed by atoms with Crippen LogP contribution in [0.15, 0.2) is 36.4 Å². The first kappa shape index (κ1) is 13.9. The average Bonchev–Trinajstić information content (AvgIpc) is 2.36. The molecule has 1 rings (SSSR count). The van der Waals surface area contributed by atoms with Crippen LogP contribution in [-0.4, -0.2) is 18.5 Å². The Balaban J connectivity index is 2.36. The fourth-order valence-electron chi connectivity index (χ4n) is 1.13. The van der Waals surface area contributed by atoms with Crippen molar-refractivity contribution < 1.29 is 18.7 Å². The minimum atomic E-state index is -0.564. The van der Waals surface area contributed by atoms with Crippen molar-refractivity contribution in [1.29, 1.82) is 0 Å². The molecule has 0 heterocycles. The maximum absolute atomic E-state index is 12.6. The van der Waals surface area contributed by atoms with Gasteiger partial charge >= 0.3 is 5.97 Å². The van der Waals surface area contributed by atoms with Crippen molar-refractivity contribution in [2.45, 2.75) is 13.3 Å². The molecule has 4 nitrogen and oxygen atoms in total. The van der Waals surface area contributed by atoms with Crippen LogP contribution >= 0.6 is 0 Å². The summed E-state index contributed by atoms with van der Waals surface area (Å²) in [5, 5.41) is 2.47. The van der Waals surface area contributed by atoms with Gasteiger partial charge in [-0.2, -0.15) is 0 Å². The highest BCUT2D eigenvalue weighted by Crippen LogP contribution is 2.07. The molecular weight excluding hydrogens is 237 g/mol. The van der Waals surface area contributed by atoms with E-state index in [-0.39, 0.29) is 12.4 Å². The summed E-state index contributed by atoms with van der Waals surface area (Å²) < 4.78 is 17.3. The summed E-state index contributed by atoms with van der Waals surface area (Å²) in [6.45, 7) is 1.51. The number of amides is 1. The molecule has 0 radical (unpaired) electrons. The second-order valence-corrected chi connectivity index (χ2v) is 3.47. The zero-order valence-electron chi connectivity index (χ0n) is 9.98. The molecule has 0 atom stereocenters. The van der Waals surface area contributed by atoms with Gasteiger partial charge in [0.1, 0.15) is 5.82 Å². The number of benzene rings is 1. The number of allylic oxidation sites excluding steroid dienone is 1. The van der Waals surface area contributed by atoms with Gasteiger partial charge in [-0.1, -0.05) is 13.0 Å². The van der Waals surface area contributed by atoms with E-state index in [0.29, 0.717) is 5.69 Å². The van der Waals surface area contributed by atoms with E-state index in [1.807, 2.05) is 6.92 Å². The van der Waals surface area contributed by atoms with Crippen LogP contribution in [-0.2, 0) is 14.3 Å². The number of esters is 1. The molecule has 1 N–H and O–H groups in total. The van der Waals surface area contributed by atoms with E-state index in [2.05, 4.69) is 10.1 Å². The van der Waals surface area contributed by atoms with Crippen molar-refractivity contribution in [2.24, 2.45) is 0 Å². The lowest BCUT2D eigenvalue weighted by atomic mass is 10.3. The van der Waals surface area contributed by atoms with E-state index in [4.69, 9.17) is 0 Å². The zero-order valence-corrected chi connectivity index (χ0v) is 9.98. The van der Waals surface area contributed by atoms with Gasteiger partial charge in [0, 0.05) is 11.8 Å². The number of ether oxygens (including phenoxy) is 1. The summed E-state index contributed by atoms with van der Waals surface area (Å²) in [4.78, 5) is 22.4. The molecule has 0 bridgehead atoms. The van der Waals surface area contributed by atoms with Crippen LogP contribution in [0.25, 0.3) is 0 Å². The molecule has 1 aromatic carbocycles. The summed E-state index contributed by atoms with van der Waals surface area (Å²) >= 11 is 0. The third-order valence-electron chi connectivity index (χ3n) is 1.96. The Morgan fingerprint density at radius 1 is 1.33 bits per heavy atom. The molecule has 18 heavy (non-hydrogen) atoms. The van der Waals surface area contributed by atoms with Gasteiger partial charge in [-0.3, -0.25) is 4.79 Å². The molecule has 0 aliphatic rings. The van der Waals surface area contributed by atoms with E-state index in [0.717, 1.165) is 6.42 Å². The summed E-state index contributed by atoms with van der Waals surface area (Å²) in [7, 11) is 0. The summed E-state index contributed by atoms with van der Waals surface area (Å²) in [5.41, 5.74) is 0.446. The van der Waals surface area contributed by atoms with E-state index in [1.54, 1.807) is 6.08 Å². The van der Waals surface area contributed by atoms with E-state index >= 15 is 0 Å². The minimum absolute atomic E-state index is 0.371. The van der Waals surface area contributed by atoms with Crippen LogP contribution in [0.1, 0.15) is 13.3 Å². The Kier molecular flexibility index (Phi) is 5.57. The second-order valence-electron chi connectivity index (χ2n) is 3.47. The predicted molar refractivity (Wildman–Crippen MR) is 65.4 cm³/mol. The first-order valence-corrected chi connectivity index (χ1v) is 5.50. The number of halogens is 1. The summed E-state index contributed by atoms with van der Waals surface area (Å²) in [6, 6.07) is 5.30. The van der Waals surface area contributed by atoms with Crippen molar-refractivity contribution in [3.8, 4) is 0 Å². The van der Waals surface area contributed by atoms with Crippen molar-refractivity contribution >= 4 is 17.6 Å². The number of rotatable bonds is 5. The molecule has 0 aliphatic heterocycles. The highest BCUT2D eigenvalue weighted by molar-refractivity contribution is 5.93. The number of nitrogens with one attached hydrogen (secondary N) is 1. The lowest BCUT2D eigenvalue weighted by molar-refractivity contribution is -0.142. The number of carbonyl (C=O) groups excluding carboxylic acids is 2. The summed E-state index contributed by atoms with van der Waals surface area (Å²) in [5.74, 6) is -1.42. The Hall–Kier alpha value is -2.17. The molecule has 96 valence electrons. The molecule has 0 fully saturated rings. The molecule has 0 saturated heterocycles. The van der Waals surface area contributed by atoms with Crippen LogP contribution in [0.2, 0.25) is 0 Å². The monoisotopic (exact) mass is 251 g/mol. The third-order valence-corrected chi connectivity index (χ3v) is 1.96. The molecule has 0 saturated carbocycles. The Labute approximate surface area is 104 Å².